The van der Waals surface area contributed by atoms with E-state index in [9.17, 15) is 4.79 Å². The highest BCUT2D eigenvalue weighted by atomic mass is 32.1. The molecule has 1 amide bonds. The average Bonchev–Trinajstić information content (AvgIpc) is 2.77. The number of amides is 1. The monoisotopic (exact) mass is 270 g/mol. The van der Waals surface area contributed by atoms with Gasteiger partial charge in [0.2, 0.25) is 11.0 Å². The maximum absolute atomic E-state index is 11.6. The second-order valence-corrected chi connectivity index (χ2v) is 5.28. The van der Waals surface area contributed by atoms with Gasteiger partial charge in [-0.15, -0.1) is 10.2 Å². The SMILES string of the molecule is CCCCCc1nnc(NC(=O)CCCNC)s1. The minimum absolute atomic E-state index is 0.0153. The Morgan fingerprint density at radius 2 is 2.11 bits per heavy atom. The van der Waals surface area contributed by atoms with E-state index in [0.717, 1.165) is 30.8 Å². The normalized spacial score (nSPS) is 10.6. The third kappa shape index (κ3) is 6.07. The van der Waals surface area contributed by atoms with Crippen LogP contribution in [0.5, 0.6) is 0 Å². The third-order valence-corrected chi connectivity index (χ3v) is 3.44. The number of aromatic nitrogens is 2. The molecule has 2 N–H and O–H groups in total. The third-order valence-electron chi connectivity index (χ3n) is 2.54. The highest BCUT2D eigenvalue weighted by Gasteiger charge is 2.07. The van der Waals surface area contributed by atoms with Crippen LogP contribution in [0.1, 0.15) is 44.0 Å². The molecule has 1 heterocycles. The maximum Gasteiger partial charge on any atom is 0.226 e. The molecule has 0 spiro atoms. The van der Waals surface area contributed by atoms with Crippen LogP contribution < -0.4 is 10.6 Å². The molecule has 1 rings (SSSR count). The van der Waals surface area contributed by atoms with Gasteiger partial charge in [-0.2, -0.15) is 0 Å². The molecular weight excluding hydrogens is 248 g/mol. The summed E-state index contributed by atoms with van der Waals surface area (Å²) in [6.45, 7) is 3.03. The molecule has 0 radical (unpaired) electrons. The van der Waals surface area contributed by atoms with Crippen molar-refractivity contribution in [2.24, 2.45) is 0 Å². The summed E-state index contributed by atoms with van der Waals surface area (Å²) < 4.78 is 0. The van der Waals surface area contributed by atoms with Crippen LogP contribution in [0.4, 0.5) is 5.13 Å². The van der Waals surface area contributed by atoms with Crippen LogP contribution in [-0.2, 0) is 11.2 Å². The largest absolute Gasteiger partial charge is 0.320 e. The Balaban J connectivity index is 2.27. The summed E-state index contributed by atoms with van der Waals surface area (Å²) in [6, 6.07) is 0. The first-order valence-corrected chi connectivity index (χ1v) is 7.34. The summed E-state index contributed by atoms with van der Waals surface area (Å²) >= 11 is 1.48. The van der Waals surface area contributed by atoms with Crippen molar-refractivity contribution in [1.29, 1.82) is 0 Å². The number of carbonyl (C=O) groups is 1. The van der Waals surface area contributed by atoms with Gasteiger partial charge < -0.3 is 10.6 Å². The highest BCUT2D eigenvalue weighted by Crippen LogP contribution is 2.17. The van der Waals surface area contributed by atoms with E-state index in [0.29, 0.717) is 11.6 Å². The average molecular weight is 270 g/mol. The van der Waals surface area contributed by atoms with Gasteiger partial charge >= 0.3 is 0 Å². The number of anilines is 1. The summed E-state index contributed by atoms with van der Waals surface area (Å²) in [6.07, 6.45) is 5.87. The predicted octanol–water partition coefficient (Wildman–Crippen LogP) is 2.21. The molecule has 0 saturated carbocycles. The van der Waals surface area contributed by atoms with Gasteiger partial charge in [0, 0.05) is 12.8 Å². The fraction of sp³-hybridized carbons (Fsp3) is 0.750. The van der Waals surface area contributed by atoms with Crippen molar-refractivity contribution in [3.63, 3.8) is 0 Å². The van der Waals surface area contributed by atoms with E-state index in [4.69, 9.17) is 0 Å². The molecule has 0 atom stereocenters. The molecule has 0 unspecified atom stereocenters. The molecule has 102 valence electrons. The van der Waals surface area contributed by atoms with Crippen molar-refractivity contribution in [1.82, 2.24) is 15.5 Å². The lowest BCUT2D eigenvalue weighted by Crippen LogP contribution is -2.15. The van der Waals surface area contributed by atoms with Gasteiger partial charge in [-0.3, -0.25) is 4.79 Å². The number of hydrogen-bond acceptors (Lipinski definition) is 5. The molecular formula is C12H22N4OS. The zero-order valence-corrected chi connectivity index (χ0v) is 12.0. The zero-order valence-electron chi connectivity index (χ0n) is 11.2. The van der Waals surface area contributed by atoms with Crippen LogP contribution in [0, 0.1) is 0 Å². The number of nitrogens with zero attached hydrogens (tertiary/aromatic N) is 2. The molecule has 0 aliphatic rings. The molecule has 0 saturated heterocycles. The minimum atomic E-state index is 0.0153. The first-order chi connectivity index (χ1) is 8.76. The zero-order chi connectivity index (χ0) is 13.2. The Bertz CT molecular complexity index is 354. The smallest absolute Gasteiger partial charge is 0.226 e. The number of aryl methyl sites for hydroxylation is 1. The summed E-state index contributed by atoms with van der Waals surface area (Å²) in [5.74, 6) is 0.0153. The van der Waals surface area contributed by atoms with E-state index in [-0.39, 0.29) is 5.91 Å². The van der Waals surface area contributed by atoms with Gasteiger partial charge in [0.1, 0.15) is 5.01 Å². The number of nitrogens with one attached hydrogen (secondary N) is 2. The van der Waals surface area contributed by atoms with Gasteiger partial charge in [0.05, 0.1) is 0 Å². The second kappa shape index (κ2) is 8.99. The first kappa shape index (κ1) is 15.0. The maximum atomic E-state index is 11.6. The lowest BCUT2D eigenvalue weighted by atomic mass is 10.2. The Labute approximate surface area is 112 Å². The van der Waals surface area contributed by atoms with Gasteiger partial charge in [-0.05, 0) is 26.4 Å². The van der Waals surface area contributed by atoms with Crippen LogP contribution >= 0.6 is 11.3 Å². The van der Waals surface area contributed by atoms with E-state index < -0.39 is 0 Å². The molecule has 0 aliphatic heterocycles. The Kier molecular flexibility index (Phi) is 7.52. The molecule has 18 heavy (non-hydrogen) atoms. The molecule has 1 aromatic rings. The first-order valence-electron chi connectivity index (χ1n) is 6.53. The van der Waals surface area contributed by atoms with Crippen molar-refractivity contribution in [2.45, 2.75) is 45.4 Å². The predicted molar refractivity (Wildman–Crippen MR) is 74.9 cm³/mol. The summed E-state index contributed by atoms with van der Waals surface area (Å²) in [7, 11) is 1.88. The van der Waals surface area contributed by atoms with Crippen LogP contribution in [-0.4, -0.2) is 29.7 Å². The summed E-state index contributed by atoms with van der Waals surface area (Å²) in [5.41, 5.74) is 0. The van der Waals surface area contributed by atoms with Crippen molar-refractivity contribution >= 4 is 22.4 Å². The van der Waals surface area contributed by atoms with Crippen molar-refractivity contribution in [3.8, 4) is 0 Å². The van der Waals surface area contributed by atoms with Crippen LogP contribution in [0.15, 0.2) is 0 Å². The standard InChI is InChI=1S/C12H22N4OS/c1-3-4-5-8-11-15-16-12(18-11)14-10(17)7-6-9-13-2/h13H,3-9H2,1-2H3,(H,14,16,17). The number of hydrogen-bond donors (Lipinski definition) is 2. The molecule has 5 nitrogen and oxygen atoms in total. The highest BCUT2D eigenvalue weighted by molar-refractivity contribution is 7.15. The van der Waals surface area contributed by atoms with E-state index >= 15 is 0 Å². The molecule has 0 fully saturated rings. The van der Waals surface area contributed by atoms with Crippen molar-refractivity contribution in [3.05, 3.63) is 5.01 Å². The quantitative estimate of drug-likeness (QED) is 0.675. The Morgan fingerprint density at radius 3 is 2.83 bits per heavy atom. The van der Waals surface area contributed by atoms with Crippen LogP contribution in [0.25, 0.3) is 0 Å². The Morgan fingerprint density at radius 1 is 1.28 bits per heavy atom. The Hall–Kier alpha value is -1.01. The second-order valence-electron chi connectivity index (χ2n) is 4.21. The fourth-order valence-electron chi connectivity index (χ4n) is 1.54. The molecule has 1 aromatic heterocycles. The number of rotatable bonds is 9. The lowest BCUT2D eigenvalue weighted by Gasteiger charge is -2.00. The minimum Gasteiger partial charge on any atom is -0.320 e. The summed E-state index contributed by atoms with van der Waals surface area (Å²) in [5, 5.41) is 15.5. The van der Waals surface area contributed by atoms with Crippen molar-refractivity contribution in [2.75, 3.05) is 18.9 Å². The molecule has 6 heteroatoms. The van der Waals surface area contributed by atoms with Crippen molar-refractivity contribution < 1.29 is 4.79 Å². The number of carbonyl (C=O) groups excluding carboxylic acids is 1. The van der Waals surface area contributed by atoms with Gasteiger partial charge in [-0.25, -0.2) is 0 Å². The fourth-order valence-corrected chi connectivity index (χ4v) is 2.34. The van der Waals surface area contributed by atoms with Crippen LogP contribution in [0.3, 0.4) is 0 Å². The van der Waals surface area contributed by atoms with E-state index in [2.05, 4.69) is 27.8 Å². The van der Waals surface area contributed by atoms with Crippen LogP contribution in [0.2, 0.25) is 0 Å². The van der Waals surface area contributed by atoms with Gasteiger partial charge in [0.25, 0.3) is 0 Å². The number of unbranched alkanes of at least 4 members (excludes halogenated alkanes) is 2. The molecule has 0 aromatic carbocycles. The van der Waals surface area contributed by atoms with E-state index in [1.54, 1.807) is 0 Å². The lowest BCUT2D eigenvalue weighted by molar-refractivity contribution is -0.116. The van der Waals surface area contributed by atoms with E-state index in [1.165, 1.54) is 24.2 Å². The van der Waals surface area contributed by atoms with Gasteiger partial charge in [-0.1, -0.05) is 31.1 Å². The molecule has 0 bridgehead atoms. The molecule has 0 aliphatic carbocycles. The van der Waals surface area contributed by atoms with Gasteiger partial charge in [0.15, 0.2) is 0 Å². The topological polar surface area (TPSA) is 66.9 Å². The summed E-state index contributed by atoms with van der Waals surface area (Å²) in [4.78, 5) is 11.6. The van der Waals surface area contributed by atoms with E-state index in [1.807, 2.05) is 7.05 Å².